The molecule has 0 atom stereocenters. The van der Waals surface area contributed by atoms with Gasteiger partial charge in [-0.2, -0.15) is 0 Å². The Morgan fingerprint density at radius 3 is 2.42 bits per heavy atom. The second-order valence-electron chi connectivity index (χ2n) is 7.88. The molecule has 0 unspecified atom stereocenters. The van der Waals surface area contributed by atoms with Crippen molar-refractivity contribution >= 4 is 44.5 Å². The highest BCUT2D eigenvalue weighted by molar-refractivity contribution is 8.93. The Bertz CT molecular complexity index is 1410. The summed E-state index contributed by atoms with van der Waals surface area (Å²) in [6, 6.07) is 15.5. The number of fused-ring (bicyclic) bond motifs is 1. The van der Waals surface area contributed by atoms with Gasteiger partial charge in [0.2, 0.25) is 5.43 Å². The van der Waals surface area contributed by atoms with Gasteiger partial charge in [-0.25, -0.2) is 4.79 Å². The minimum absolute atomic E-state index is 0. The number of carbonyl (C=O) groups excluding carboxylic acids is 1. The van der Waals surface area contributed by atoms with Crippen LogP contribution in [0.1, 0.15) is 28.4 Å². The Morgan fingerprint density at radius 1 is 1.06 bits per heavy atom. The summed E-state index contributed by atoms with van der Waals surface area (Å²) >= 11 is 1.53. The van der Waals surface area contributed by atoms with Crippen molar-refractivity contribution in [3.05, 3.63) is 81.6 Å². The maximum absolute atomic E-state index is 13.6. The first-order valence-electron chi connectivity index (χ1n) is 11.3. The fourth-order valence-electron chi connectivity index (χ4n) is 4.11. The summed E-state index contributed by atoms with van der Waals surface area (Å²) in [7, 11) is 5.09. The zero-order valence-corrected chi connectivity index (χ0v) is 23.2. The summed E-state index contributed by atoms with van der Waals surface area (Å²) < 4.78 is 18.0. The number of benzene rings is 2. The minimum Gasteiger partial charge on any atom is -0.497 e. The Balaban J connectivity index is 0.00000361. The maximum Gasteiger partial charge on any atom is 0.343 e. The number of para-hydroxylation sites is 1. The first-order chi connectivity index (χ1) is 17.0. The molecule has 190 valence electrons. The second-order valence-corrected chi connectivity index (χ2v) is 8.88. The molecule has 2 heterocycles. The summed E-state index contributed by atoms with van der Waals surface area (Å²) in [5.74, 6) is 0.866. The molecule has 0 aliphatic rings. The van der Waals surface area contributed by atoms with E-state index in [0.29, 0.717) is 18.5 Å². The fraction of sp³-hybridized carbons (Fsp3) is 0.259. The lowest BCUT2D eigenvalue weighted by molar-refractivity contribution is 0.0524. The van der Waals surface area contributed by atoms with Gasteiger partial charge < -0.3 is 24.1 Å². The largest absolute Gasteiger partial charge is 0.497 e. The molecule has 4 rings (SSSR count). The van der Waals surface area contributed by atoms with Gasteiger partial charge in [-0.05, 0) is 55.4 Å². The quantitative estimate of drug-likeness (QED) is 0.275. The highest BCUT2D eigenvalue weighted by Crippen LogP contribution is 2.38. The average molecular weight is 574 g/mol. The number of methoxy groups -OCH3 is 2. The molecule has 9 heteroatoms. The number of hydrogen-bond acceptors (Lipinski definition) is 7. The van der Waals surface area contributed by atoms with Crippen LogP contribution >= 0.6 is 28.3 Å². The van der Waals surface area contributed by atoms with Crippen LogP contribution < -0.4 is 20.2 Å². The van der Waals surface area contributed by atoms with Crippen molar-refractivity contribution in [2.45, 2.75) is 20.0 Å². The molecule has 0 aliphatic carbocycles. The number of pyridine rings is 1. The smallest absolute Gasteiger partial charge is 0.343 e. The maximum atomic E-state index is 13.6. The minimum atomic E-state index is -0.624. The molecule has 0 radical (unpaired) electrons. The Labute approximate surface area is 224 Å². The van der Waals surface area contributed by atoms with Crippen LogP contribution in [0, 0.1) is 0 Å². The van der Waals surface area contributed by atoms with E-state index in [2.05, 4.69) is 5.32 Å². The van der Waals surface area contributed by atoms with Crippen LogP contribution in [0.15, 0.2) is 59.5 Å². The van der Waals surface area contributed by atoms with Crippen LogP contribution in [-0.4, -0.2) is 38.4 Å². The molecule has 2 aromatic carbocycles. The zero-order chi connectivity index (χ0) is 24.9. The van der Waals surface area contributed by atoms with Crippen molar-refractivity contribution < 1.29 is 19.0 Å². The molecule has 0 amide bonds. The number of thiophene rings is 1. The normalized spacial score (nSPS) is 10.7. The molecular formula is C27H29BrN2O5S. The average Bonchev–Trinajstić information content (AvgIpc) is 3.26. The van der Waals surface area contributed by atoms with E-state index in [1.807, 2.05) is 60.1 Å². The Hall–Kier alpha value is -3.14. The van der Waals surface area contributed by atoms with Gasteiger partial charge in [0.05, 0.1) is 32.8 Å². The van der Waals surface area contributed by atoms with Gasteiger partial charge in [0.15, 0.2) is 0 Å². The van der Waals surface area contributed by atoms with Crippen LogP contribution in [0.2, 0.25) is 0 Å². The Kier molecular flexibility index (Phi) is 9.31. The predicted molar refractivity (Wildman–Crippen MR) is 149 cm³/mol. The first kappa shape index (κ1) is 27.4. The van der Waals surface area contributed by atoms with E-state index < -0.39 is 5.97 Å². The van der Waals surface area contributed by atoms with Crippen LogP contribution in [0.3, 0.4) is 0 Å². The van der Waals surface area contributed by atoms with Crippen LogP contribution in [0.25, 0.3) is 20.7 Å². The summed E-state index contributed by atoms with van der Waals surface area (Å²) in [6.45, 7) is 2.81. The lowest BCUT2D eigenvalue weighted by Crippen LogP contribution is -2.22. The number of carbonyl (C=O) groups is 1. The standard InChI is InChI=1S/C27H28N2O5S.BrH/c1-5-34-27(31)21-16-29(15-18-8-6-7-9-22(18)33-4)26-23(24(21)30)20(14-28-2)25(35-26)17-10-12-19(32-3)13-11-17;/h6-13,16,28H,5,14-15H2,1-4H3;1H. The van der Waals surface area contributed by atoms with Crippen LogP contribution in [0.4, 0.5) is 0 Å². The highest BCUT2D eigenvalue weighted by Gasteiger charge is 2.24. The zero-order valence-electron chi connectivity index (χ0n) is 20.6. The number of nitrogens with one attached hydrogen (secondary N) is 1. The predicted octanol–water partition coefficient (Wildman–Crippen LogP) is 5.27. The van der Waals surface area contributed by atoms with Gasteiger partial charge in [-0.15, -0.1) is 28.3 Å². The molecule has 0 aliphatic heterocycles. The number of hydrogen-bond donors (Lipinski definition) is 1. The van der Waals surface area contributed by atoms with Gasteiger partial charge in [-0.1, -0.05) is 18.2 Å². The number of ether oxygens (including phenoxy) is 3. The molecular weight excluding hydrogens is 544 g/mol. The third-order valence-electron chi connectivity index (χ3n) is 5.74. The molecule has 4 aromatic rings. The molecule has 2 aromatic heterocycles. The van der Waals surface area contributed by atoms with Crippen LogP contribution in [-0.2, 0) is 17.8 Å². The van der Waals surface area contributed by atoms with Gasteiger partial charge in [0, 0.05) is 23.2 Å². The van der Waals surface area contributed by atoms with E-state index in [-0.39, 0.29) is 34.6 Å². The molecule has 1 N–H and O–H groups in total. The number of esters is 1. The Morgan fingerprint density at radius 2 is 1.78 bits per heavy atom. The van der Waals surface area contributed by atoms with E-state index in [4.69, 9.17) is 14.2 Å². The third-order valence-corrected chi connectivity index (χ3v) is 7.06. The van der Waals surface area contributed by atoms with Gasteiger partial charge in [0.25, 0.3) is 0 Å². The van der Waals surface area contributed by atoms with Crippen molar-refractivity contribution in [1.82, 2.24) is 9.88 Å². The highest BCUT2D eigenvalue weighted by atomic mass is 79.9. The number of nitrogens with zero attached hydrogens (tertiary/aromatic N) is 1. The summed E-state index contributed by atoms with van der Waals surface area (Å²) in [5.41, 5.74) is 2.45. The summed E-state index contributed by atoms with van der Waals surface area (Å²) in [6.07, 6.45) is 1.60. The SMILES string of the molecule is Br.CCOC(=O)c1cn(Cc2ccccc2OC)c2sc(-c3ccc(OC)cc3)c(CNC)c2c1=O. The van der Waals surface area contributed by atoms with E-state index in [1.165, 1.54) is 11.3 Å². The molecule has 0 saturated carbocycles. The fourth-order valence-corrected chi connectivity index (χ4v) is 5.40. The first-order valence-corrected chi connectivity index (χ1v) is 12.1. The molecule has 7 nitrogen and oxygen atoms in total. The third kappa shape index (κ3) is 5.33. The monoisotopic (exact) mass is 572 g/mol. The number of rotatable bonds is 9. The van der Waals surface area contributed by atoms with E-state index in [1.54, 1.807) is 27.3 Å². The lowest BCUT2D eigenvalue weighted by atomic mass is 10.0. The van der Waals surface area contributed by atoms with E-state index in [9.17, 15) is 9.59 Å². The molecule has 0 bridgehead atoms. The van der Waals surface area contributed by atoms with Crippen molar-refractivity contribution in [1.29, 1.82) is 0 Å². The van der Waals surface area contributed by atoms with E-state index >= 15 is 0 Å². The second kappa shape index (κ2) is 12.2. The van der Waals surface area contributed by atoms with Gasteiger partial charge in [0.1, 0.15) is 21.9 Å². The molecule has 0 fully saturated rings. The summed E-state index contributed by atoms with van der Waals surface area (Å²) in [5, 5.41) is 3.70. The van der Waals surface area contributed by atoms with Crippen LogP contribution in [0.5, 0.6) is 11.5 Å². The summed E-state index contributed by atoms with van der Waals surface area (Å²) in [4.78, 5) is 28.1. The van der Waals surface area contributed by atoms with Gasteiger partial charge >= 0.3 is 5.97 Å². The van der Waals surface area contributed by atoms with Gasteiger partial charge in [-0.3, -0.25) is 4.79 Å². The van der Waals surface area contributed by atoms with Crippen molar-refractivity contribution in [3.63, 3.8) is 0 Å². The molecule has 0 spiro atoms. The topological polar surface area (TPSA) is 78.8 Å². The molecule has 0 saturated heterocycles. The van der Waals surface area contributed by atoms with Crippen molar-refractivity contribution in [3.8, 4) is 21.9 Å². The van der Waals surface area contributed by atoms with E-state index in [0.717, 1.165) is 37.9 Å². The number of aromatic nitrogens is 1. The van der Waals surface area contributed by atoms with Crippen molar-refractivity contribution in [2.75, 3.05) is 27.9 Å². The lowest BCUT2D eigenvalue weighted by Gasteiger charge is -2.13. The molecule has 36 heavy (non-hydrogen) atoms. The van der Waals surface area contributed by atoms with Crippen molar-refractivity contribution in [2.24, 2.45) is 0 Å². The number of halogens is 1.